The quantitative estimate of drug-likeness (QED) is 0.685. The zero-order valence-electron chi connectivity index (χ0n) is 17.5. The van der Waals surface area contributed by atoms with Crippen LogP contribution in [-0.2, 0) is 10.4 Å². The van der Waals surface area contributed by atoms with Crippen molar-refractivity contribution in [3.63, 3.8) is 0 Å². The number of benzene rings is 2. The van der Waals surface area contributed by atoms with Crippen molar-refractivity contribution in [2.45, 2.75) is 50.8 Å². The summed E-state index contributed by atoms with van der Waals surface area (Å²) in [6, 6.07) is 18.1. The summed E-state index contributed by atoms with van der Waals surface area (Å²) >= 11 is 0. The summed E-state index contributed by atoms with van der Waals surface area (Å²) < 4.78 is 5.37. The number of nitrogen functional groups attached to an aromatic ring is 1. The van der Waals surface area contributed by atoms with Crippen molar-refractivity contribution in [1.29, 1.82) is 0 Å². The molecule has 2 aromatic rings. The minimum absolute atomic E-state index is 0.318. The molecule has 1 heterocycles. The maximum atomic E-state index is 12.2. The Morgan fingerprint density at radius 2 is 1.83 bits per heavy atom. The lowest BCUT2D eigenvalue weighted by Gasteiger charge is -2.47. The van der Waals surface area contributed by atoms with E-state index in [-0.39, 0.29) is 0 Å². The minimum atomic E-state index is -0.694. The number of nitrogens with zero attached hydrogens (tertiary/aromatic N) is 1. The number of amides is 1. The van der Waals surface area contributed by atoms with Crippen molar-refractivity contribution in [1.82, 2.24) is 10.2 Å². The van der Waals surface area contributed by atoms with Crippen LogP contribution in [0, 0.1) is 0 Å². The first-order valence-electron chi connectivity index (χ1n) is 10.1. The Hall–Kier alpha value is -2.57. The molecule has 0 spiro atoms. The Balaban J connectivity index is 1.79. The van der Waals surface area contributed by atoms with Gasteiger partial charge in [0.05, 0.1) is 12.3 Å². The van der Waals surface area contributed by atoms with Crippen molar-refractivity contribution in [3.05, 3.63) is 65.7 Å². The number of ether oxygens (including phenoxy) is 1. The van der Waals surface area contributed by atoms with Crippen molar-refractivity contribution in [2.75, 3.05) is 18.9 Å². The molecule has 1 aliphatic rings. The fourth-order valence-electron chi connectivity index (χ4n) is 3.89. The lowest BCUT2D eigenvalue weighted by atomic mass is 9.79. The van der Waals surface area contributed by atoms with E-state index in [1.54, 1.807) is 0 Å². The Bertz CT molecular complexity index is 817. The number of anilines is 1. The van der Waals surface area contributed by atoms with Crippen LogP contribution in [0.5, 0.6) is 0 Å². The molecule has 2 unspecified atom stereocenters. The van der Waals surface area contributed by atoms with Crippen molar-refractivity contribution in [2.24, 2.45) is 5.73 Å². The van der Waals surface area contributed by atoms with Gasteiger partial charge in [-0.3, -0.25) is 4.90 Å². The molecule has 1 amide bonds. The summed E-state index contributed by atoms with van der Waals surface area (Å²) in [7, 11) is 0. The predicted octanol–water partition coefficient (Wildman–Crippen LogP) is 3.74. The molecule has 2 aromatic carbocycles. The molecule has 1 fully saturated rings. The highest BCUT2D eigenvalue weighted by Gasteiger charge is 2.41. The van der Waals surface area contributed by atoms with Crippen LogP contribution < -0.4 is 16.8 Å². The van der Waals surface area contributed by atoms with Gasteiger partial charge in [-0.25, -0.2) is 4.79 Å². The van der Waals surface area contributed by atoms with Crippen molar-refractivity contribution < 1.29 is 9.53 Å². The topological polar surface area (TPSA) is 93.6 Å². The highest BCUT2D eigenvalue weighted by molar-refractivity contribution is 5.67. The fourth-order valence-corrected chi connectivity index (χ4v) is 3.89. The van der Waals surface area contributed by atoms with Crippen LogP contribution in [0.4, 0.5) is 10.5 Å². The summed E-state index contributed by atoms with van der Waals surface area (Å²) in [6.45, 7) is 6.64. The van der Waals surface area contributed by atoms with Gasteiger partial charge >= 0.3 is 6.09 Å². The third kappa shape index (κ3) is 5.28. The molecule has 1 aliphatic heterocycles. The molecule has 29 heavy (non-hydrogen) atoms. The summed E-state index contributed by atoms with van der Waals surface area (Å²) in [5.74, 6) is 0.318. The van der Waals surface area contributed by atoms with Gasteiger partial charge in [-0.05, 0) is 62.8 Å². The number of carbonyl (C=O) groups excluding carboxylic acids is 1. The highest BCUT2D eigenvalue weighted by Crippen LogP contribution is 2.40. The Kier molecular flexibility index (Phi) is 6.15. The zero-order chi connectivity index (χ0) is 21.1. The molecule has 0 radical (unpaired) electrons. The molecule has 2 atom stereocenters. The van der Waals surface area contributed by atoms with Crippen molar-refractivity contribution in [3.8, 4) is 0 Å². The molecular formula is C23H32N4O2. The van der Waals surface area contributed by atoms with Gasteiger partial charge in [0, 0.05) is 12.2 Å². The number of nitrogens with two attached hydrogens (primary N) is 2. The number of alkyl carbamates (subject to hydrolysis) is 1. The molecule has 3 rings (SSSR count). The van der Waals surface area contributed by atoms with Crippen LogP contribution in [-0.4, -0.2) is 29.8 Å². The van der Waals surface area contributed by atoms with Gasteiger partial charge in [0.2, 0.25) is 0 Å². The van der Waals surface area contributed by atoms with Crippen LogP contribution in [0.2, 0.25) is 0 Å². The van der Waals surface area contributed by atoms with Crippen LogP contribution >= 0.6 is 0 Å². The second-order valence-electron chi connectivity index (χ2n) is 8.75. The maximum Gasteiger partial charge on any atom is 0.408 e. The summed E-state index contributed by atoms with van der Waals surface area (Å²) in [5, 5.41) is 2.86. The van der Waals surface area contributed by atoms with Gasteiger partial charge < -0.3 is 21.5 Å². The molecule has 0 saturated carbocycles. The fraction of sp³-hybridized carbons (Fsp3) is 0.435. The predicted molar refractivity (Wildman–Crippen MR) is 116 cm³/mol. The van der Waals surface area contributed by atoms with Gasteiger partial charge in [0.25, 0.3) is 0 Å². The Morgan fingerprint density at radius 1 is 1.17 bits per heavy atom. The molecule has 6 heteroatoms. The van der Waals surface area contributed by atoms with E-state index in [0.717, 1.165) is 30.6 Å². The van der Waals surface area contributed by atoms with E-state index in [4.69, 9.17) is 16.2 Å². The monoisotopic (exact) mass is 396 g/mol. The normalized spacial score (nSPS) is 22.8. The summed E-state index contributed by atoms with van der Waals surface area (Å²) in [4.78, 5) is 14.3. The molecule has 6 nitrogen and oxygen atoms in total. The van der Waals surface area contributed by atoms with Crippen LogP contribution in [0.15, 0.2) is 54.6 Å². The van der Waals surface area contributed by atoms with Crippen LogP contribution in [0.25, 0.3) is 0 Å². The van der Waals surface area contributed by atoms with E-state index in [1.807, 2.05) is 63.2 Å². The van der Waals surface area contributed by atoms with Gasteiger partial charge in [-0.2, -0.15) is 0 Å². The standard InChI is InChI=1S/C23H32N4O2/c1-22(2,3)29-21(28)26-16-27-14-13-18(17-9-11-20(24)12-10-17)15-23(27,25)19-7-5-4-6-8-19/h4-12,18H,13-16,24-25H2,1-3H3,(H,26,28). The maximum absolute atomic E-state index is 12.2. The average molecular weight is 397 g/mol. The van der Waals surface area contributed by atoms with Gasteiger partial charge in [0.1, 0.15) is 5.60 Å². The molecule has 5 N–H and O–H groups in total. The minimum Gasteiger partial charge on any atom is -0.444 e. The Morgan fingerprint density at radius 3 is 2.45 bits per heavy atom. The lowest BCUT2D eigenvalue weighted by Crippen LogP contribution is -2.60. The lowest BCUT2D eigenvalue weighted by molar-refractivity contribution is 0.0171. The van der Waals surface area contributed by atoms with E-state index < -0.39 is 17.4 Å². The van der Waals surface area contributed by atoms with Gasteiger partial charge in [-0.15, -0.1) is 0 Å². The van der Waals surface area contributed by atoms with E-state index in [9.17, 15) is 4.79 Å². The smallest absolute Gasteiger partial charge is 0.408 e. The first-order chi connectivity index (χ1) is 13.7. The first kappa shape index (κ1) is 21.1. The molecule has 0 aliphatic carbocycles. The third-order valence-corrected chi connectivity index (χ3v) is 5.36. The second kappa shape index (κ2) is 8.43. The first-order valence-corrected chi connectivity index (χ1v) is 10.1. The van der Waals surface area contributed by atoms with E-state index in [0.29, 0.717) is 12.6 Å². The zero-order valence-corrected chi connectivity index (χ0v) is 17.5. The highest BCUT2D eigenvalue weighted by atomic mass is 16.6. The summed E-state index contributed by atoms with van der Waals surface area (Å²) in [6.07, 6.45) is 1.26. The van der Waals surface area contributed by atoms with Gasteiger partial charge in [-0.1, -0.05) is 42.5 Å². The molecular weight excluding hydrogens is 364 g/mol. The molecule has 1 saturated heterocycles. The number of likely N-dealkylation sites (tertiary alicyclic amines) is 1. The number of carbonyl (C=O) groups is 1. The second-order valence-corrected chi connectivity index (χ2v) is 8.75. The van der Waals surface area contributed by atoms with Crippen LogP contribution in [0.3, 0.4) is 0 Å². The number of rotatable bonds is 4. The number of hydrogen-bond acceptors (Lipinski definition) is 5. The van der Waals surface area contributed by atoms with Crippen molar-refractivity contribution >= 4 is 11.8 Å². The SMILES string of the molecule is CC(C)(C)OC(=O)NCN1CCC(c2ccc(N)cc2)CC1(N)c1ccccc1. The van der Waals surface area contributed by atoms with E-state index >= 15 is 0 Å². The average Bonchev–Trinajstić information content (AvgIpc) is 2.67. The van der Waals surface area contributed by atoms with E-state index in [2.05, 4.69) is 22.3 Å². The van der Waals surface area contributed by atoms with E-state index in [1.165, 1.54) is 5.56 Å². The van der Waals surface area contributed by atoms with Gasteiger partial charge in [0.15, 0.2) is 0 Å². The molecule has 0 bridgehead atoms. The number of piperidine rings is 1. The summed E-state index contributed by atoms with van der Waals surface area (Å²) in [5.41, 5.74) is 14.7. The molecule has 156 valence electrons. The Labute approximate surface area is 173 Å². The third-order valence-electron chi connectivity index (χ3n) is 5.36. The molecule has 0 aromatic heterocycles. The largest absolute Gasteiger partial charge is 0.444 e. The van der Waals surface area contributed by atoms with Crippen LogP contribution in [0.1, 0.15) is 50.7 Å². The number of hydrogen-bond donors (Lipinski definition) is 3. The number of nitrogens with one attached hydrogen (secondary N) is 1.